The number of carbonyl (C=O) groups excluding carboxylic acids is 1. The molecule has 1 aromatic carbocycles. The van der Waals surface area contributed by atoms with Crippen molar-refractivity contribution >= 4 is 66.8 Å². The molecule has 29 heavy (non-hydrogen) atoms. The molecule has 4 N–H and O–H groups in total. The van der Waals surface area contributed by atoms with Crippen LogP contribution in [0.3, 0.4) is 0 Å². The zero-order chi connectivity index (χ0) is 21.4. The van der Waals surface area contributed by atoms with E-state index in [0.29, 0.717) is 22.8 Å². The standard InChI is InChI=1S/C17H15ClN6OS2.C2H6/c1-2-20-16(25)24-17-22-12-8-9(14(26)23-15(18)19)7-10(13(12)27-17)11-5-3-4-6-21-11;1-2/h3-8H,2H2,1H3,(H2,19,23,26)(H2,20,22,24,25);1-2H3. The summed E-state index contributed by atoms with van der Waals surface area (Å²) in [5.41, 5.74) is 8.31. The van der Waals surface area contributed by atoms with Gasteiger partial charge in [-0.3, -0.25) is 10.3 Å². The zero-order valence-corrected chi connectivity index (χ0v) is 18.6. The fourth-order valence-corrected chi connectivity index (χ4v) is 3.70. The summed E-state index contributed by atoms with van der Waals surface area (Å²) in [6.07, 6.45) is 1.70. The Morgan fingerprint density at radius 1 is 1.34 bits per heavy atom. The Labute approximate surface area is 183 Å². The van der Waals surface area contributed by atoms with E-state index in [1.54, 1.807) is 12.3 Å². The first-order valence-electron chi connectivity index (χ1n) is 8.92. The van der Waals surface area contributed by atoms with Crippen LogP contribution in [0.5, 0.6) is 0 Å². The lowest BCUT2D eigenvalue weighted by Gasteiger charge is -2.05. The van der Waals surface area contributed by atoms with E-state index < -0.39 is 0 Å². The lowest BCUT2D eigenvalue weighted by atomic mass is 10.1. The second kappa shape index (κ2) is 10.8. The summed E-state index contributed by atoms with van der Waals surface area (Å²) in [4.78, 5) is 24.9. The molecule has 10 heteroatoms. The number of amidine groups is 1. The Kier molecular flexibility index (Phi) is 8.44. The van der Waals surface area contributed by atoms with Crippen LogP contribution in [0, 0.1) is 0 Å². The smallest absolute Gasteiger partial charge is 0.321 e. The lowest BCUT2D eigenvalue weighted by molar-refractivity contribution is 0.252. The molecule has 0 aliphatic rings. The molecule has 0 saturated carbocycles. The second-order valence-corrected chi connectivity index (χ2v) is 7.10. The maximum atomic E-state index is 11.8. The molecule has 2 heterocycles. The number of hydrogen-bond donors (Lipinski definition) is 3. The highest BCUT2D eigenvalue weighted by Crippen LogP contribution is 2.35. The number of rotatable bonds is 4. The number of nitrogens with one attached hydrogen (secondary N) is 2. The number of carbonyl (C=O) groups is 1. The van der Waals surface area contributed by atoms with Crippen LogP contribution >= 0.6 is 35.2 Å². The topological polar surface area (TPSA) is 105 Å². The number of urea groups is 1. The first kappa shape index (κ1) is 22.7. The van der Waals surface area contributed by atoms with Crippen LogP contribution in [0.1, 0.15) is 26.3 Å². The van der Waals surface area contributed by atoms with Crippen molar-refractivity contribution < 1.29 is 4.79 Å². The van der Waals surface area contributed by atoms with Gasteiger partial charge in [-0.25, -0.2) is 14.8 Å². The number of nitrogens with zero attached hydrogens (tertiary/aromatic N) is 3. The van der Waals surface area contributed by atoms with Crippen molar-refractivity contribution in [3.8, 4) is 11.3 Å². The molecule has 0 saturated heterocycles. The normalized spacial score (nSPS) is 10.8. The van der Waals surface area contributed by atoms with Gasteiger partial charge < -0.3 is 11.1 Å². The van der Waals surface area contributed by atoms with E-state index >= 15 is 0 Å². The second-order valence-electron chi connectivity index (χ2n) is 5.33. The summed E-state index contributed by atoms with van der Waals surface area (Å²) in [7, 11) is 0. The van der Waals surface area contributed by atoms with Crippen LogP contribution in [-0.2, 0) is 0 Å². The molecule has 7 nitrogen and oxygen atoms in total. The van der Waals surface area contributed by atoms with Crippen LogP contribution in [0.4, 0.5) is 9.93 Å². The summed E-state index contributed by atoms with van der Waals surface area (Å²) >= 11 is 12.3. The van der Waals surface area contributed by atoms with Crippen molar-refractivity contribution in [3.05, 3.63) is 42.1 Å². The number of nitrogens with two attached hydrogens (primary N) is 1. The highest BCUT2D eigenvalue weighted by atomic mass is 35.5. The average Bonchev–Trinajstić information content (AvgIpc) is 3.11. The minimum atomic E-state index is -0.314. The highest BCUT2D eigenvalue weighted by Gasteiger charge is 2.15. The Morgan fingerprint density at radius 2 is 2.10 bits per heavy atom. The van der Waals surface area contributed by atoms with Gasteiger partial charge in [-0.05, 0) is 42.8 Å². The van der Waals surface area contributed by atoms with Crippen LogP contribution in [-0.4, -0.2) is 32.8 Å². The Bertz CT molecular complexity index is 1030. The maximum absolute atomic E-state index is 11.8. The monoisotopic (exact) mass is 448 g/mol. The number of aromatic nitrogens is 2. The molecule has 2 amide bonds. The number of hydrogen-bond acceptors (Lipinski definition) is 5. The third kappa shape index (κ3) is 5.93. The largest absolute Gasteiger partial charge is 0.374 e. The van der Waals surface area contributed by atoms with Crippen LogP contribution in [0.15, 0.2) is 41.5 Å². The third-order valence-electron chi connectivity index (χ3n) is 3.44. The number of aliphatic imine (C=N–C) groups is 1. The van der Waals surface area contributed by atoms with Gasteiger partial charge in [0, 0.05) is 23.9 Å². The van der Waals surface area contributed by atoms with E-state index in [4.69, 9.17) is 29.6 Å². The van der Waals surface area contributed by atoms with Crippen molar-refractivity contribution in [2.45, 2.75) is 20.8 Å². The number of pyridine rings is 1. The molecule has 0 radical (unpaired) electrons. The summed E-state index contributed by atoms with van der Waals surface area (Å²) in [5, 5.41) is 5.73. The average molecular weight is 449 g/mol. The Morgan fingerprint density at radius 3 is 2.72 bits per heavy atom. The van der Waals surface area contributed by atoms with Crippen LogP contribution in [0.2, 0.25) is 0 Å². The number of fused-ring (bicyclic) bond motifs is 1. The van der Waals surface area contributed by atoms with E-state index in [-0.39, 0.29) is 16.3 Å². The quantitative estimate of drug-likeness (QED) is 0.231. The summed E-state index contributed by atoms with van der Waals surface area (Å²) in [6, 6.07) is 8.95. The van der Waals surface area contributed by atoms with E-state index in [2.05, 4.69) is 25.6 Å². The molecule has 0 fully saturated rings. The van der Waals surface area contributed by atoms with Gasteiger partial charge in [0.15, 0.2) is 10.4 Å². The Hall–Kier alpha value is -2.62. The fraction of sp³-hybridized carbons (Fsp3) is 0.211. The number of benzene rings is 1. The molecule has 0 bridgehead atoms. The molecule has 3 aromatic rings. The molecule has 0 aliphatic carbocycles. The van der Waals surface area contributed by atoms with Crippen molar-refractivity contribution in [3.63, 3.8) is 0 Å². The minimum Gasteiger partial charge on any atom is -0.374 e. The Balaban J connectivity index is 0.00000145. The fourth-order valence-electron chi connectivity index (χ4n) is 2.39. The predicted octanol–water partition coefficient (Wildman–Crippen LogP) is 4.75. The van der Waals surface area contributed by atoms with Gasteiger partial charge in [0.1, 0.15) is 4.99 Å². The molecule has 152 valence electrons. The van der Waals surface area contributed by atoms with Gasteiger partial charge in [0.2, 0.25) is 0 Å². The van der Waals surface area contributed by atoms with E-state index in [1.807, 2.05) is 45.0 Å². The molecule has 0 unspecified atom stereocenters. The predicted molar refractivity (Wildman–Crippen MR) is 126 cm³/mol. The van der Waals surface area contributed by atoms with Gasteiger partial charge in [0.25, 0.3) is 0 Å². The van der Waals surface area contributed by atoms with Gasteiger partial charge in [-0.1, -0.05) is 43.5 Å². The highest BCUT2D eigenvalue weighted by molar-refractivity contribution is 7.80. The maximum Gasteiger partial charge on any atom is 0.321 e. The van der Waals surface area contributed by atoms with Crippen LogP contribution < -0.4 is 16.4 Å². The van der Waals surface area contributed by atoms with Crippen molar-refractivity contribution in [1.29, 1.82) is 0 Å². The molecule has 3 rings (SSSR count). The number of halogens is 1. The van der Waals surface area contributed by atoms with E-state index in [1.165, 1.54) is 11.3 Å². The number of thiocarbonyl (C=S) groups is 1. The molecule has 0 atom stereocenters. The van der Waals surface area contributed by atoms with E-state index in [0.717, 1.165) is 16.0 Å². The summed E-state index contributed by atoms with van der Waals surface area (Å²) in [5.74, 6) is 0. The molecule has 0 aliphatic heterocycles. The minimum absolute atomic E-state index is 0.142. The molecular weight excluding hydrogens is 428 g/mol. The van der Waals surface area contributed by atoms with Gasteiger partial charge in [-0.15, -0.1) is 0 Å². The van der Waals surface area contributed by atoms with Crippen molar-refractivity contribution in [1.82, 2.24) is 15.3 Å². The van der Waals surface area contributed by atoms with Gasteiger partial charge >= 0.3 is 6.03 Å². The van der Waals surface area contributed by atoms with E-state index in [9.17, 15) is 4.79 Å². The third-order valence-corrected chi connectivity index (χ3v) is 4.88. The van der Waals surface area contributed by atoms with Gasteiger partial charge in [0.05, 0.1) is 15.9 Å². The summed E-state index contributed by atoms with van der Waals surface area (Å²) in [6.45, 7) is 6.36. The molecule has 0 spiro atoms. The van der Waals surface area contributed by atoms with Crippen LogP contribution in [0.25, 0.3) is 21.5 Å². The first-order chi connectivity index (χ1) is 14.0. The van der Waals surface area contributed by atoms with Crippen molar-refractivity contribution in [2.75, 3.05) is 11.9 Å². The molecule has 2 aromatic heterocycles. The number of anilines is 1. The lowest BCUT2D eigenvalue weighted by Crippen LogP contribution is -2.28. The number of thiazole rings is 1. The molecular formula is C19H21ClN6OS2. The SMILES string of the molecule is CC.CCNC(=O)Nc1nc2cc(C(=S)N=C(N)Cl)cc(-c3ccccn3)c2s1. The number of amides is 2. The van der Waals surface area contributed by atoms with Gasteiger partial charge in [-0.2, -0.15) is 0 Å². The zero-order valence-electron chi connectivity index (χ0n) is 16.2. The first-order valence-corrected chi connectivity index (χ1v) is 10.5. The van der Waals surface area contributed by atoms with Crippen molar-refractivity contribution in [2.24, 2.45) is 10.7 Å². The summed E-state index contributed by atoms with van der Waals surface area (Å²) < 4.78 is 0.870.